The molecule has 0 aliphatic heterocycles. The van der Waals surface area contributed by atoms with Gasteiger partial charge in [0.15, 0.2) is 1.41 Å². The molecule has 0 saturated heterocycles. The van der Waals surface area contributed by atoms with Crippen LogP contribution in [-0.2, 0) is 0 Å². The molecular weight excluding hydrogens is 106 g/mol. The monoisotopic (exact) mass is 112 g/mol. The molecule has 1 heterocycles. The highest BCUT2D eigenvalue weighted by Crippen LogP contribution is 1.82. The van der Waals surface area contributed by atoms with Gasteiger partial charge in [0.2, 0.25) is 0 Å². The zero-order chi connectivity index (χ0) is 6.85. The Hall–Kier alpha value is -1.32. The number of nitrogens with zero attached hydrogens (tertiary/aromatic N) is 1. The normalized spacial score (nSPS) is 10.8. The van der Waals surface area contributed by atoms with Crippen molar-refractivity contribution in [3.05, 3.63) is 22.7 Å². The summed E-state index contributed by atoms with van der Waals surface area (Å²) in [5.74, 6) is 0.142. The highest BCUT2D eigenvalue weighted by molar-refractivity contribution is 5.22. The van der Waals surface area contributed by atoms with Gasteiger partial charge in [-0.25, -0.2) is 4.79 Å². The summed E-state index contributed by atoms with van der Waals surface area (Å²) in [6.45, 7) is 0. The zero-order valence-electron chi connectivity index (χ0n) is 5.03. The van der Waals surface area contributed by atoms with Gasteiger partial charge in [-0.3, -0.25) is 0 Å². The predicted molar refractivity (Wildman–Crippen MR) is 29.3 cm³/mol. The standard InChI is InChI=1S/C4H5N3O/c5-3-1-2-6-4(8)7-3/h1-2H,(H3,5,6,7,8)/i/hD. The molecule has 0 aliphatic rings. The molecule has 4 heteroatoms. The number of nitrogen functional groups attached to an aromatic ring is 1. The van der Waals surface area contributed by atoms with E-state index in [0.29, 0.717) is 4.98 Å². The number of aromatic amines is 1. The van der Waals surface area contributed by atoms with E-state index < -0.39 is 5.69 Å². The van der Waals surface area contributed by atoms with Crippen molar-refractivity contribution in [2.45, 2.75) is 0 Å². The Kier molecular flexibility index (Phi) is 0.754. The Labute approximate surface area is 46.8 Å². The maximum absolute atomic E-state index is 10.4. The van der Waals surface area contributed by atoms with Gasteiger partial charge in [-0.15, -0.1) is 0 Å². The molecule has 0 aromatic carbocycles. The van der Waals surface area contributed by atoms with Gasteiger partial charge in [-0.05, 0) is 6.07 Å². The molecule has 3 N–H and O–H groups in total. The first-order chi connectivity index (χ1) is 4.20. The van der Waals surface area contributed by atoms with E-state index in [1.54, 1.807) is 0 Å². The van der Waals surface area contributed by atoms with E-state index in [1.807, 2.05) is 0 Å². The number of H-pyrrole nitrogens is 1. The number of anilines is 1. The molecule has 0 amide bonds. The quantitative estimate of drug-likeness (QED) is 0.468. The molecule has 8 heavy (non-hydrogen) atoms. The molecule has 4 nitrogen and oxygen atoms in total. The Balaban J connectivity index is 3.34. The second-order valence-electron chi connectivity index (χ2n) is 1.26. The van der Waals surface area contributed by atoms with Gasteiger partial charge in [0.05, 0.1) is 0 Å². The molecule has 1 rings (SSSR count). The lowest BCUT2D eigenvalue weighted by Crippen LogP contribution is -2.10. The van der Waals surface area contributed by atoms with Crippen LogP contribution in [0.4, 0.5) is 5.82 Å². The highest BCUT2D eigenvalue weighted by Gasteiger charge is 1.81. The van der Waals surface area contributed by atoms with Crippen molar-refractivity contribution in [2.75, 3.05) is 5.73 Å². The van der Waals surface area contributed by atoms with Crippen LogP contribution >= 0.6 is 0 Å². The molecular formula is C4H5N3O. The third-order valence-electron chi connectivity index (χ3n) is 0.655. The van der Waals surface area contributed by atoms with E-state index in [0.717, 1.165) is 0 Å². The van der Waals surface area contributed by atoms with Gasteiger partial charge < -0.3 is 10.7 Å². The van der Waals surface area contributed by atoms with Gasteiger partial charge in [-0.2, -0.15) is 4.98 Å². The lowest BCUT2D eigenvalue weighted by atomic mass is 10.6. The first-order valence-corrected chi connectivity index (χ1v) is 2.04. The molecule has 0 bridgehead atoms. The van der Waals surface area contributed by atoms with E-state index in [1.165, 1.54) is 12.3 Å². The summed E-state index contributed by atoms with van der Waals surface area (Å²) in [7, 11) is 0. The average Bonchev–Trinajstić information content (AvgIpc) is 1.80. The molecule has 1 aromatic heterocycles. The molecule has 0 unspecified atom stereocenters. The molecule has 0 fully saturated rings. The van der Waals surface area contributed by atoms with Crippen molar-refractivity contribution in [1.82, 2.24) is 9.96 Å². The fraction of sp³-hybridized carbons (Fsp3) is 0. The predicted octanol–water partition coefficient (Wildman–Crippen LogP) is -0.648. The summed E-state index contributed by atoms with van der Waals surface area (Å²) in [5.41, 5.74) is 4.46. The van der Waals surface area contributed by atoms with Crippen LogP contribution in [-0.4, -0.2) is 9.96 Å². The number of nitrogens with one attached hydrogen (secondary N) is 1. The van der Waals surface area contributed by atoms with E-state index >= 15 is 0 Å². The number of nitrogens with two attached hydrogens (primary N) is 1. The van der Waals surface area contributed by atoms with Crippen LogP contribution in [0.15, 0.2) is 17.1 Å². The Morgan fingerprint density at radius 2 is 2.75 bits per heavy atom. The van der Waals surface area contributed by atoms with Crippen LogP contribution in [0, 0.1) is 0 Å². The summed E-state index contributed by atoms with van der Waals surface area (Å²) >= 11 is 0. The van der Waals surface area contributed by atoms with E-state index in [2.05, 4.69) is 4.98 Å². The SMILES string of the molecule is [2H]n1ccc(N)nc1=O. The number of rotatable bonds is 0. The van der Waals surface area contributed by atoms with Crippen molar-refractivity contribution < 1.29 is 1.41 Å². The minimum atomic E-state index is -0.657. The van der Waals surface area contributed by atoms with E-state index in [9.17, 15) is 4.79 Å². The van der Waals surface area contributed by atoms with Crippen LogP contribution in [0.5, 0.6) is 0 Å². The second-order valence-corrected chi connectivity index (χ2v) is 1.26. The molecule has 1 aromatic rings. The minimum Gasteiger partial charge on any atom is -0.383 e. The second kappa shape index (κ2) is 1.65. The smallest absolute Gasteiger partial charge is 0.346 e. The lowest BCUT2D eigenvalue weighted by Gasteiger charge is -1.83. The van der Waals surface area contributed by atoms with Gasteiger partial charge in [0.1, 0.15) is 5.82 Å². The van der Waals surface area contributed by atoms with Crippen LogP contribution < -0.4 is 11.4 Å². The van der Waals surface area contributed by atoms with Crippen LogP contribution in [0.25, 0.3) is 0 Å². The number of hydrogen-bond donors (Lipinski definition) is 2. The van der Waals surface area contributed by atoms with Gasteiger partial charge in [0, 0.05) is 6.20 Å². The first kappa shape index (κ1) is 3.65. The maximum atomic E-state index is 10.4. The summed E-state index contributed by atoms with van der Waals surface area (Å²) in [5, 5.41) is 0. The van der Waals surface area contributed by atoms with E-state index in [4.69, 9.17) is 7.15 Å². The highest BCUT2D eigenvalue weighted by atomic mass is 16.1. The lowest BCUT2D eigenvalue weighted by molar-refractivity contribution is 1.08. The Morgan fingerprint density at radius 3 is 3.25 bits per heavy atom. The molecule has 0 aliphatic carbocycles. The number of hydrogen-bond acceptors (Lipinski definition) is 3. The van der Waals surface area contributed by atoms with Crippen molar-refractivity contribution in [2.24, 2.45) is 0 Å². The summed E-state index contributed by atoms with van der Waals surface area (Å²) in [6.07, 6.45) is 1.24. The minimum absolute atomic E-state index is 0.142. The molecule has 0 spiro atoms. The van der Waals surface area contributed by atoms with Crippen molar-refractivity contribution in [3.63, 3.8) is 0 Å². The van der Waals surface area contributed by atoms with Crippen molar-refractivity contribution >= 4 is 5.82 Å². The van der Waals surface area contributed by atoms with E-state index in [-0.39, 0.29) is 5.82 Å². The third kappa shape index (κ3) is 0.841. The van der Waals surface area contributed by atoms with Crippen LogP contribution in [0.1, 0.15) is 0 Å². The Bertz CT molecular complexity index is 269. The molecule has 42 valence electrons. The fourth-order valence-electron chi connectivity index (χ4n) is 0.354. The molecule has 0 saturated carbocycles. The summed E-state index contributed by atoms with van der Waals surface area (Å²) < 4.78 is 6.80. The van der Waals surface area contributed by atoms with Gasteiger partial charge in [0.25, 0.3) is 0 Å². The summed E-state index contributed by atoms with van der Waals surface area (Å²) in [4.78, 5) is 14.3. The first-order valence-electron chi connectivity index (χ1n) is 2.49. The van der Waals surface area contributed by atoms with Crippen LogP contribution in [0.3, 0.4) is 0 Å². The number of aromatic nitrogens is 2. The largest absolute Gasteiger partial charge is 0.383 e. The molecule has 0 atom stereocenters. The average molecular weight is 112 g/mol. The maximum Gasteiger partial charge on any atom is 0.346 e. The van der Waals surface area contributed by atoms with Crippen molar-refractivity contribution in [3.8, 4) is 0 Å². The van der Waals surface area contributed by atoms with Gasteiger partial charge >= 0.3 is 5.69 Å². The van der Waals surface area contributed by atoms with Gasteiger partial charge in [-0.1, -0.05) is 0 Å². The van der Waals surface area contributed by atoms with Crippen LogP contribution in [0.2, 0.25) is 1.41 Å². The Morgan fingerprint density at radius 1 is 2.00 bits per heavy atom. The summed E-state index contributed by atoms with van der Waals surface area (Å²) in [6, 6.07) is 1.38. The third-order valence-corrected chi connectivity index (χ3v) is 0.655. The molecule has 0 radical (unpaired) electrons. The topological polar surface area (TPSA) is 71.8 Å². The van der Waals surface area contributed by atoms with Crippen molar-refractivity contribution in [1.29, 1.82) is 0 Å². The fourth-order valence-corrected chi connectivity index (χ4v) is 0.354. The zero-order valence-corrected chi connectivity index (χ0v) is 4.03.